The van der Waals surface area contributed by atoms with E-state index in [1.54, 1.807) is 7.11 Å². The molecule has 2 rings (SSSR count). The lowest BCUT2D eigenvalue weighted by atomic mass is 9.79. The highest BCUT2D eigenvalue weighted by atomic mass is 16.5. The van der Waals surface area contributed by atoms with Gasteiger partial charge >= 0.3 is 0 Å². The SMILES string of the molecule is COC(C(C)C)C(N)c1cccc(C2CCC2)c1. The predicted octanol–water partition coefficient (Wildman–Crippen LogP) is 3.62. The van der Waals surface area contributed by atoms with E-state index in [9.17, 15) is 0 Å². The number of hydrogen-bond donors (Lipinski definition) is 1. The summed E-state index contributed by atoms with van der Waals surface area (Å²) >= 11 is 0. The lowest BCUT2D eigenvalue weighted by Crippen LogP contribution is -2.32. The highest BCUT2D eigenvalue weighted by Crippen LogP contribution is 2.37. The molecule has 1 fully saturated rings. The Morgan fingerprint density at radius 2 is 2.00 bits per heavy atom. The lowest BCUT2D eigenvalue weighted by molar-refractivity contribution is 0.0437. The van der Waals surface area contributed by atoms with Gasteiger partial charge < -0.3 is 10.5 Å². The molecule has 0 heterocycles. The standard InChI is InChI=1S/C16H25NO/c1-11(2)16(18-3)15(17)14-9-5-8-13(10-14)12-6-4-7-12/h5,8-12,15-16H,4,6-7,17H2,1-3H3. The normalized spacial score (nSPS) is 19.6. The summed E-state index contributed by atoms with van der Waals surface area (Å²) < 4.78 is 5.54. The molecule has 2 heteroatoms. The van der Waals surface area contributed by atoms with Gasteiger partial charge in [0.05, 0.1) is 12.1 Å². The van der Waals surface area contributed by atoms with E-state index in [-0.39, 0.29) is 12.1 Å². The van der Waals surface area contributed by atoms with E-state index >= 15 is 0 Å². The fourth-order valence-electron chi connectivity index (χ4n) is 2.78. The van der Waals surface area contributed by atoms with Crippen LogP contribution in [0.5, 0.6) is 0 Å². The van der Waals surface area contributed by atoms with Crippen molar-refractivity contribution in [1.29, 1.82) is 0 Å². The van der Waals surface area contributed by atoms with Gasteiger partial charge in [-0.15, -0.1) is 0 Å². The van der Waals surface area contributed by atoms with Gasteiger partial charge in [-0.25, -0.2) is 0 Å². The van der Waals surface area contributed by atoms with Crippen LogP contribution in [0.4, 0.5) is 0 Å². The second kappa shape index (κ2) is 5.85. The Morgan fingerprint density at radius 1 is 1.28 bits per heavy atom. The molecule has 2 atom stereocenters. The Labute approximate surface area is 111 Å². The molecule has 1 aliphatic rings. The smallest absolute Gasteiger partial charge is 0.0786 e. The molecule has 2 nitrogen and oxygen atoms in total. The van der Waals surface area contributed by atoms with Crippen molar-refractivity contribution in [2.75, 3.05) is 7.11 Å². The van der Waals surface area contributed by atoms with Gasteiger partial charge in [-0.3, -0.25) is 0 Å². The number of rotatable bonds is 5. The van der Waals surface area contributed by atoms with Crippen molar-refractivity contribution in [2.45, 2.75) is 51.2 Å². The Kier molecular flexibility index (Phi) is 4.41. The zero-order valence-corrected chi connectivity index (χ0v) is 11.7. The molecule has 2 N–H and O–H groups in total. The maximum Gasteiger partial charge on any atom is 0.0786 e. The molecule has 1 aromatic carbocycles. The summed E-state index contributed by atoms with van der Waals surface area (Å²) in [5.41, 5.74) is 9.01. The van der Waals surface area contributed by atoms with Crippen molar-refractivity contribution in [2.24, 2.45) is 11.7 Å². The monoisotopic (exact) mass is 247 g/mol. The molecular weight excluding hydrogens is 222 g/mol. The summed E-state index contributed by atoms with van der Waals surface area (Å²) in [4.78, 5) is 0. The van der Waals surface area contributed by atoms with E-state index in [0.29, 0.717) is 5.92 Å². The molecule has 2 unspecified atom stereocenters. The van der Waals surface area contributed by atoms with Gasteiger partial charge in [0.15, 0.2) is 0 Å². The third kappa shape index (κ3) is 2.76. The first-order valence-electron chi connectivity index (χ1n) is 7.01. The fraction of sp³-hybridized carbons (Fsp3) is 0.625. The first-order chi connectivity index (χ1) is 8.63. The summed E-state index contributed by atoms with van der Waals surface area (Å²) in [7, 11) is 1.75. The van der Waals surface area contributed by atoms with E-state index in [4.69, 9.17) is 10.5 Å². The summed E-state index contributed by atoms with van der Waals surface area (Å²) in [5, 5.41) is 0. The molecule has 0 radical (unpaired) electrons. The molecule has 0 saturated heterocycles. The van der Waals surface area contributed by atoms with Crippen molar-refractivity contribution < 1.29 is 4.74 Å². The molecule has 100 valence electrons. The molecule has 0 spiro atoms. The van der Waals surface area contributed by atoms with Crippen LogP contribution in [0, 0.1) is 5.92 Å². The van der Waals surface area contributed by atoms with Crippen LogP contribution >= 0.6 is 0 Å². The van der Waals surface area contributed by atoms with Crippen LogP contribution in [0.1, 0.15) is 56.2 Å². The third-order valence-electron chi connectivity index (χ3n) is 4.16. The second-order valence-corrected chi connectivity index (χ2v) is 5.77. The van der Waals surface area contributed by atoms with Crippen LogP contribution in [0.25, 0.3) is 0 Å². The van der Waals surface area contributed by atoms with Crippen LogP contribution in [-0.2, 0) is 4.74 Å². The Hall–Kier alpha value is -0.860. The van der Waals surface area contributed by atoms with E-state index in [2.05, 4.69) is 38.1 Å². The van der Waals surface area contributed by atoms with Crippen molar-refractivity contribution in [1.82, 2.24) is 0 Å². The molecule has 18 heavy (non-hydrogen) atoms. The fourth-order valence-corrected chi connectivity index (χ4v) is 2.78. The van der Waals surface area contributed by atoms with E-state index < -0.39 is 0 Å². The number of nitrogens with two attached hydrogens (primary N) is 1. The molecular formula is C16H25NO. The predicted molar refractivity (Wildman–Crippen MR) is 75.6 cm³/mol. The quantitative estimate of drug-likeness (QED) is 0.862. The third-order valence-corrected chi connectivity index (χ3v) is 4.16. The van der Waals surface area contributed by atoms with Gasteiger partial charge in [0.1, 0.15) is 0 Å². The van der Waals surface area contributed by atoms with Gasteiger partial charge in [0.25, 0.3) is 0 Å². The van der Waals surface area contributed by atoms with Gasteiger partial charge in [-0.05, 0) is 35.8 Å². The minimum absolute atomic E-state index is 0.0324. The number of hydrogen-bond acceptors (Lipinski definition) is 2. The number of methoxy groups -OCH3 is 1. The first kappa shape index (κ1) is 13.6. The van der Waals surface area contributed by atoms with Crippen molar-refractivity contribution >= 4 is 0 Å². The highest BCUT2D eigenvalue weighted by Gasteiger charge is 2.24. The summed E-state index contributed by atoms with van der Waals surface area (Å²) in [6, 6.07) is 8.74. The van der Waals surface area contributed by atoms with E-state index in [0.717, 1.165) is 5.92 Å². The average Bonchev–Trinajstić information content (AvgIpc) is 2.27. The summed E-state index contributed by atoms with van der Waals surface area (Å²) in [6.45, 7) is 4.31. The summed E-state index contributed by atoms with van der Waals surface area (Å²) in [5.74, 6) is 1.19. The van der Waals surface area contributed by atoms with Gasteiger partial charge in [-0.2, -0.15) is 0 Å². The Bertz CT molecular complexity index is 384. The first-order valence-corrected chi connectivity index (χ1v) is 7.01. The van der Waals surface area contributed by atoms with Gasteiger partial charge in [0, 0.05) is 7.11 Å². The second-order valence-electron chi connectivity index (χ2n) is 5.77. The minimum atomic E-state index is -0.0324. The molecule has 0 aliphatic heterocycles. The van der Waals surface area contributed by atoms with Crippen molar-refractivity contribution in [3.8, 4) is 0 Å². The maximum absolute atomic E-state index is 6.35. The molecule has 0 aromatic heterocycles. The van der Waals surface area contributed by atoms with Crippen molar-refractivity contribution in [3.05, 3.63) is 35.4 Å². The largest absolute Gasteiger partial charge is 0.379 e. The van der Waals surface area contributed by atoms with Crippen LogP contribution < -0.4 is 5.73 Å². The molecule has 1 saturated carbocycles. The van der Waals surface area contributed by atoms with E-state index in [1.165, 1.54) is 30.4 Å². The van der Waals surface area contributed by atoms with Gasteiger partial charge in [0.2, 0.25) is 0 Å². The lowest BCUT2D eigenvalue weighted by Gasteiger charge is -2.29. The highest BCUT2D eigenvalue weighted by molar-refractivity contribution is 5.30. The van der Waals surface area contributed by atoms with Crippen LogP contribution in [0.2, 0.25) is 0 Å². The van der Waals surface area contributed by atoms with E-state index in [1.807, 2.05) is 0 Å². The Morgan fingerprint density at radius 3 is 2.50 bits per heavy atom. The molecule has 0 amide bonds. The zero-order chi connectivity index (χ0) is 13.1. The minimum Gasteiger partial charge on any atom is -0.379 e. The Balaban J connectivity index is 2.16. The number of benzene rings is 1. The van der Waals surface area contributed by atoms with Gasteiger partial charge in [-0.1, -0.05) is 44.5 Å². The van der Waals surface area contributed by atoms with Crippen molar-refractivity contribution in [3.63, 3.8) is 0 Å². The summed E-state index contributed by atoms with van der Waals surface area (Å²) in [6.07, 6.45) is 4.11. The number of ether oxygens (including phenoxy) is 1. The van der Waals surface area contributed by atoms with Crippen LogP contribution in [0.3, 0.4) is 0 Å². The maximum atomic E-state index is 6.35. The average molecular weight is 247 g/mol. The van der Waals surface area contributed by atoms with Crippen LogP contribution in [-0.4, -0.2) is 13.2 Å². The molecule has 0 bridgehead atoms. The van der Waals surface area contributed by atoms with Crippen LogP contribution in [0.15, 0.2) is 24.3 Å². The molecule has 1 aliphatic carbocycles. The zero-order valence-electron chi connectivity index (χ0n) is 11.7. The molecule has 1 aromatic rings. The topological polar surface area (TPSA) is 35.2 Å².